The van der Waals surface area contributed by atoms with E-state index < -0.39 is 0 Å². The lowest BCUT2D eigenvalue weighted by Crippen LogP contribution is -2.39. The number of hydrogen-bond donors (Lipinski definition) is 2. The van der Waals surface area contributed by atoms with E-state index in [-0.39, 0.29) is 0 Å². The molecule has 0 bridgehead atoms. The van der Waals surface area contributed by atoms with Crippen LogP contribution in [0.25, 0.3) is 0 Å². The van der Waals surface area contributed by atoms with Crippen LogP contribution in [0.3, 0.4) is 0 Å². The summed E-state index contributed by atoms with van der Waals surface area (Å²) in [5, 5.41) is 3.66. The van der Waals surface area contributed by atoms with Gasteiger partial charge in [-0.25, -0.2) is 0 Å². The number of hydrogen-bond acceptors (Lipinski definition) is 2. The molecule has 3 N–H and O–H groups in total. The van der Waals surface area contributed by atoms with Crippen molar-refractivity contribution in [3.63, 3.8) is 0 Å². The minimum atomic E-state index is 0.602. The molecule has 0 amide bonds. The van der Waals surface area contributed by atoms with E-state index in [4.69, 9.17) is 5.73 Å². The molecule has 1 atom stereocenters. The molecule has 0 aromatic heterocycles. The highest BCUT2D eigenvalue weighted by molar-refractivity contribution is 4.86. The SMILES string of the molecule is NCC(CC1CCCCC1)NC1CC1. The summed E-state index contributed by atoms with van der Waals surface area (Å²) in [7, 11) is 0. The van der Waals surface area contributed by atoms with E-state index in [1.54, 1.807) is 0 Å². The summed E-state index contributed by atoms with van der Waals surface area (Å²) in [6.07, 6.45) is 11.3. The van der Waals surface area contributed by atoms with E-state index in [1.165, 1.54) is 51.4 Å². The fraction of sp³-hybridized carbons (Fsp3) is 1.00. The molecular weight excluding hydrogens is 172 g/mol. The lowest BCUT2D eigenvalue weighted by Gasteiger charge is -2.26. The normalized spacial score (nSPS) is 26.4. The van der Waals surface area contributed by atoms with Crippen LogP contribution < -0.4 is 11.1 Å². The van der Waals surface area contributed by atoms with Crippen LogP contribution in [0.5, 0.6) is 0 Å². The van der Waals surface area contributed by atoms with Gasteiger partial charge in [0.2, 0.25) is 0 Å². The third-order valence-corrected chi connectivity index (χ3v) is 3.68. The van der Waals surface area contributed by atoms with E-state index in [1.807, 2.05) is 0 Å². The molecule has 0 saturated heterocycles. The molecule has 2 saturated carbocycles. The van der Waals surface area contributed by atoms with Gasteiger partial charge < -0.3 is 11.1 Å². The summed E-state index contributed by atoms with van der Waals surface area (Å²) in [6.45, 7) is 0.826. The van der Waals surface area contributed by atoms with Crippen LogP contribution in [0.15, 0.2) is 0 Å². The summed E-state index contributed by atoms with van der Waals surface area (Å²) in [5.41, 5.74) is 5.80. The van der Waals surface area contributed by atoms with Gasteiger partial charge in [0.1, 0.15) is 0 Å². The summed E-state index contributed by atoms with van der Waals surface area (Å²) in [6, 6.07) is 1.41. The Hall–Kier alpha value is -0.0800. The van der Waals surface area contributed by atoms with Gasteiger partial charge in [-0.3, -0.25) is 0 Å². The number of nitrogens with one attached hydrogen (secondary N) is 1. The van der Waals surface area contributed by atoms with Gasteiger partial charge in [0.25, 0.3) is 0 Å². The van der Waals surface area contributed by atoms with Gasteiger partial charge in [-0.1, -0.05) is 32.1 Å². The minimum Gasteiger partial charge on any atom is -0.329 e. The molecule has 2 aliphatic carbocycles. The highest BCUT2D eigenvalue weighted by Gasteiger charge is 2.25. The van der Waals surface area contributed by atoms with Gasteiger partial charge in [-0.15, -0.1) is 0 Å². The molecule has 0 radical (unpaired) electrons. The quantitative estimate of drug-likeness (QED) is 0.706. The van der Waals surface area contributed by atoms with E-state index in [0.29, 0.717) is 6.04 Å². The lowest BCUT2D eigenvalue weighted by molar-refractivity contribution is 0.299. The predicted octanol–water partition coefficient (Wildman–Crippen LogP) is 2.04. The molecular formula is C12H24N2. The molecule has 0 aromatic carbocycles. The Balaban J connectivity index is 1.68. The Labute approximate surface area is 87.6 Å². The van der Waals surface area contributed by atoms with E-state index in [9.17, 15) is 0 Å². The van der Waals surface area contributed by atoms with E-state index in [0.717, 1.165) is 18.5 Å². The molecule has 2 nitrogen and oxygen atoms in total. The van der Waals surface area contributed by atoms with Gasteiger partial charge in [0.05, 0.1) is 0 Å². The summed E-state index contributed by atoms with van der Waals surface area (Å²) in [5.74, 6) is 0.962. The molecule has 0 aliphatic heterocycles. The summed E-state index contributed by atoms with van der Waals surface area (Å²) in [4.78, 5) is 0. The van der Waals surface area contributed by atoms with Gasteiger partial charge in [0, 0.05) is 18.6 Å². The molecule has 0 heterocycles. The first-order valence-corrected chi connectivity index (χ1v) is 6.34. The first-order chi connectivity index (χ1) is 6.88. The predicted molar refractivity (Wildman–Crippen MR) is 60.2 cm³/mol. The van der Waals surface area contributed by atoms with Crippen molar-refractivity contribution in [2.45, 2.75) is 63.5 Å². The Kier molecular flexibility index (Phi) is 3.82. The van der Waals surface area contributed by atoms with Crippen LogP contribution in [0.4, 0.5) is 0 Å². The van der Waals surface area contributed by atoms with Crippen molar-refractivity contribution in [1.82, 2.24) is 5.32 Å². The van der Waals surface area contributed by atoms with Crippen LogP contribution in [0.1, 0.15) is 51.4 Å². The average molecular weight is 196 g/mol. The second kappa shape index (κ2) is 5.13. The summed E-state index contributed by atoms with van der Waals surface area (Å²) < 4.78 is 0. The Bertz CT molecular complexity index is 160. The van der Waals surface area contributed by atoms with Crippen LogP contribution in [-0.4, -0.2) is 18.6 Å². The van der Waals surface area contributed by atoms with Crippen LogP contribution in [0, 0.1) is 5.92 Å². The molecule has 2 rings (SSSR count). The molecule has 1 unspecified atom stereocenters. The smallest absolute Gasteiger partial charge is 0.0195 e. The molecule has 0 aromatic rings. The number of rotatable bonds is 5. The maximum Gasteiger partial charge on any atom is 0.0195 e. The fourth-order valence-corrected chi connectivity index (χ4v) is 2.64. The first kappa shape index (κ1) is 10.4. The van der Waals surface area contributed by atoms with E-state index >= 15 is 0 Å². The fourth-order valence-electron chi connectivity index (χ4n) is 2.64. The molecule has 0 spiro atoms. The van der Waals surface area contributed by atoms with Gasteiger partial charge in [-0.05, 0) is 25.2 Å². The third-order valence-electron chi connectivity index (χ3n) is 3.68. The van der Waals surface area contributed by atoms with Crippen LogP contribution in [0.2, 0.25) is 0 Å². The van der Waals surface area contributed by atoms with Crippen molar-refractivity contribution in [2.24, 2.45) is 11.7 Å². The monoisotopic (exact) mass is 196 g/mol. The van der Waals surface area contributed by atoms with Crippen LogP contribution >= 0.6 is 0 Å². The highest BCUT2D eigenvalue weighted by atomic mass is 15.0. The van der Waals surface area contributed by atoms with Crippen molar-refractivity contribution >= 4 is 0 Å². The zero-order valence-electron chi connectivity index (χ0n) is 9.17. The largest absolute Gasteiger partial charge is 0.329 e. The van der Waals surface area contributed by atoms with Crippen molar-refractivity contribution in [3.8, 4) is 0 Å². The second-order valence-corrected chi connectivity index (χ2v) is 5.11. The first-order valence-electron chi connectivity index (χ1n) is 6.34. The van der Waals surface area contributed by atoms with Crippen LogP contribution in [-0.2, 0) is 0 Å². The molecule has 14 heavy (non-hydrogen) atoms. The second-order valence-electron chi connectivity index (χ2n) is 5.11. The zero-order chi connectivity index (χ0) is 9.80. The maximum atomic E-state index is 5.80. The third kappa shape index (κ3) is 3.25. The van der Waals surface area contributed by atoms with Crippen molar-refractivity contribution in [1.29, 1.82) is 0 Å². The minimum absolute atomic E-state index is 0.602. The van der Waals surface area contributed by atoms with Crippen molar-refractivity contribution in [3.05, 3.63) is 0 Å². The van der Waals surface area contributed by atoms with Crippen molar-refractivity contribution in [2.75, 3.05) is 6.54 Å². The van der Waals surface area contributed by atoms with E-state index in [2.05, 4.69) is 5.32 Å². The molecule has 2 heteroatoms. The molecule has 2 fully saturated rings. The Morgan fingerprint density at radius 3 is 2.36 bits per heavy atom. The lowest BCUT2D eigenvalue weighted by atomic mass is 9.85. The molecule has 82 valence electrons. The van der Waals surface area contributed by atoms with Gasteiger partial charge in [-0.2, -0.15) is 0 Å². The maximum absolute atomic E-state index is 5.80. The van der Waals surface area contributed by atoms with Gasteiger partial charge in [0.15, 0.2) is 0 Å². The Morgan fingerprint density at radius 1 is 1.07 bits per heavy atom. The number of nitrogens with two attached hydrogens (primary N) is 1. The standard InChI is InChI=1S/C12H24N2/c13-9-12(14-11-6-7-11)8-10-4-2-1-3-5-10/h10-12,14H,1-9,13H2. The highest BCUT2D eigenvalue weighted by Crippen LogP contribution is 2.28. The summed E-state index contributed by atoms with van der Waals surface area (Å²) >= 11 is 0. The van der Waals surface area contributed by atoms with Crippen molar-refractivity contribution < 1.29 is 0 Å². The Morgan fingerprint density at radius 2 is 1.79 bits per heavy atom. The average Bonchev–Trinajstić information content (AvgIpc) is 3.02. The topological polar surface area (TPSA) is 38.0 Å². The van der Waals surface area contributed by atoms with Gasteiger partial charge >= 0.3 is 0 Å². The molecule has 2 aliphatic rings. The zero-order valence-corrected chi connectivity index (χ0v) is 9.17.